The Balaban J connectivity index is 1.74. The van der Waals surface area contributed by atoms with Crippen molar-refractivity contribution in [2.45, 2.75) is 17.4 Å². The normalized spacial score (nSPS) is 16.5. The second-order valence-corrected chi connectivity index (χ2v) is 8.50. The Morgan fingerprint density at radius 2 is 1.89 bits per heavy atom. The summed E-state index contributed by atoms with van der Waals surface area (Å²) in [6.07, 6.45) is 5.98. The van der Waals surface area contributed by atoms with E-state index in [1.54, 1.807) is 12.5 Å². The van der Waals surface area contributed by atoms with E-state index < -0.39 is 10.0 Å². The SMILES string of the molecule is CNC(=O)c1ccc(S(=O)(=O)N2CC(n3ccnc3)Cc3ccccc32)cc1. The fourth-order valence-electron chi connectivity index (χ4n) is 3.50. The van der Waals surface area contributed by atoms with E-state index in [0.717, 1.165) is 12.0 Å². The Kier molecular flexibility index (Phi) is 4.64. The van der Waals surface area contributed by atoms with Crippen LogP contribution in [0.2, 0.25) is 0 Å². The number of anilines is 1. The molecule has 0 aliphatic carbocycles. The number of fused-ring (bicyclic) bond motifs is 1. The third-order valence-electron chi connectivity index (χ3n) is 4.97. The van der Waals surface area contributed by atoms with Crippen molar-refractivity contribution in [2.75, 3.05) is 17.9 Å². The summed E-state index contributed by atoms with van der Waals surface area (Å²) < 4.78 is 30.2. The van der Waals surface area contributed by atoms with Crippen LogP contribution < -0.4 is 9.62 Å². The van der Waals surface area contributed by atoms with Crippen LogP contribution in [0.25, 0.3) is 0 Å². The molecule has 1 aromatic heterocycles. The quantitative estimate of drug-likeness (QED) is 0.733. The molecule has 0 fully saturated rings. The average molecular weight is 396 g/mol. The summed E-state index contributed by atoms with van der Waals surface area (Å²) in [5.74, 6) is -0.257. The lowest BCUT2D eigenvalue weighted by Gasteiger charge is -2.35. The van der Waals surface area contributed by atoms with Gasteiger partial charge < -0.3 is 9.88 Å². The summed E-state index contributed by atoms with van der Waals surface area (Å²) in [7, 11) is -2.25. The van der Waals surface area contributed by atoms with Crippen LogP contribution in [0.5, 0.6) is 0 Å². The highest BCUT2D eigenvalue weighted by Crippen LogP contribution is 2.35. The van der Waals surface area contributed by atoms with Crippen molar-refractivity contribution in [3.8, 4) is 0 Å². The fourth-order valence-corrected chi connectivity index (χ4v) is 5.04. The van der Waals surface area contributed by atoms with E-state index in [1.807, 2.05) is 35.0 Å². The molecule has 2 aromatic carbocycles. The molecule has 1 aliphatic rings. The van der Waals surface area contributed by atoms with Crippen LogP contribution in [0.3, 0.4) is 0 Å². The first kappa shape index (κ1) is 18.2. The second kappa shape index (κ2) is 7.12. The van der Waals surface area contributed by atoms with E-state index in [2.05, 4.69) is 10.3 Å². The van der Waals surface area contributed by atoms with Gasteiger partial charge in [-0.15, -0.1) is 0 Å². The first-order valence-corrected chi connectivity index (χ1v) is 10.3. The molecule has 1 atom stereocenters. The second-order valence-electron chi connectivity index (χ2n) is 6.64. The summed E-state index contributed by atoms with van der Waals surface area (Å²) in [5, 5.41) is 2.53. The monoisotopic (exact) mass is 396 g/mol. The molecule has 1 amide bonds. The number of carbonyl (C=O) groups excluding carboxylic acids is 1. The number of nitrogens with zero attached hydrogens (tertiary/aromatic N) is 3. The summed E-state index contributed by atoms with van der Waals surface area (Å²) >= 11 is 0. The molecule has 1 aliphatic heterocycles. The van der Waals surface area contributed by atoms with Gasteiger partial charge in [-0.25, -0.2) is 13.4 Å². The number of rotatable bonds is 4. The average Bonchev–Trinajstić information content (AvgIpc) is 3.27. The van der Waals surface area contributed by atoms with Gasteiger partial charge in [0.25, 0.3) is 15.9 Å². The molecule has 28 heavy (non-hydrogen) atoms. The van der Waals surface area contributed by atoms with Crippen LogP contribution in [-0.4, -0.2) is 37.5 Å². The molecule has 7 nitrogen and oxygen atoms in total. The highest BCUT2D eigenvalue weighted by atomic mass is 32.2. The van der Waals surface area contributed by atoms with Gasteiger partial charge in [0.2, 0.25) is 0 Å². The maximum atomic E-state index is 13.4. The van der Waals surface area contributed by atoms with Gasteiger partial charge in [-0.2, -0.15) is 0 Å². The standard InChI is InChI=1S/C20H20N4O3S/c1-21-20(25)15-6-8-18(9-7-15)28(26,27)24-13-17(23-11-10-22-14-23)12-16-4-2-3-5-19(16)24/h2-11,14,17H,12-13H2,1H3,(H,21,25). The van der Waals surface area contributed by atoms with Gasteiger partial charge in [-0.1, -0.05) is 18.2 Å². The lowest BCUT2D eigenvalue weighted by atomic mass is 10.00. The molecule has 2 heterocycles. The Bertz CT molecular complexity index is 1090. The van der Waals surface area contributed by atoms with Crippen molar-refractivity contribution >= 4 is 21.6 Å². The minimum atomic E-state index is -3.78. The van der Waals surface area contributed by atoms with Crippen LogP contribution in [0.15, 0.2) is 72.1 Å². The van der Waals surface area contributed by atoms with Gasteiger partial charge in [-0.3, -0.25) is 9.10 Å². The maximum Gasteiger partial charge on any atom is 0.264 e. The largest absolute Gasteiger partial charge is 0.355 e. The van der Waals surface area contributed by atoms with E-state index in [4.69, 9.17) is 0 Å². The number of nitrogens with one attached hydrogen (secondary N) is 1. The summed E-state index contributed by atoms with van der Waals surface area (Å²) in [5.41, 5.74) is 2.07. The summed E-state index contributed by atoms with van der Waals surface area (Å²) in [4.78, 5) is 16.0. The summed E-state index contributed by atoms with van der Waals surface area (Å²) in [6.45, 7) is 0.312. The number of carbonyl (C=O) groups is 1. The van der Waals surface area contributed by atoms with Gasteiger partial charge in [0.15, 0.2) is 0 Å². The van der Waals surface area contributed by atoms with Crippen LogP contribution in [-0.2, 0) is 16.4 Å². The lowest BCUT2D eigenvalue weighted by Crippen LogP contribution is -2.40. The molecule has 0 bridgehead atoms. The van der Waals surface area contributed by atoms with Crippen molar-refractivity contribution in [1.82, 2.24) is 14.9 Å². The van der Waals surface area contributed by atoms with E-state index in [1.165, 1.54) is 35.6 Å². The van der Waals surface area contributed by atoms with Crippen molar-refractivity contribution in [3.05, 3.63) is 78.4 Å². The zero-order chi connectivity index (χ0) is 19.7. The van der Waals surface area contributed by atoms with Gasteiger partial charge in [0.1, 0.15) is 0 Å². The summed E-state index contributed by atoms with van der Waals surface area (Å²) in [6, 6.07) is 13.5. The van der Waals surface area contributed by atoms with Gasteiger partial charge in [0.05, 0.1) is 29.5 Å². The van der Waals surface area contributed by atoms with E-state index >= 15 is 0 Å². The van der Waals surface area contributed by atoms with Gasteiger partial charge >= 0.3 is 0 Å². The number of para-hydroxylation sites is 1. The zero-order valence-corrected chi connectivity index (χ0v) is 16.1. The molecule has 0 saturated carbocycles. The first-order valence-electron chi connectivity index (χ1n) is 8.91. The number of sulfonamides is 1. The third kappa shape index (κ3) is 3.16. The van der Waals surface area contributed by atoms with E-state index in [9.17, 15) is 13.2 Å². The lowest BCUT2D eigenvalue weighted by molar-refractivity contribution is 0.0963. The molecule has 8 heteroatoms. The molecule has 4 rings (SSSR count). The highest BCUT2D eigenvalue weighted by molar-refractivity contribution is 7.92. The zero-order valence-electron chi connectivity index (χ0n) is 15.3. The smallest absolute Gasteiger partial charge is 0.264 e. The van der Waals surface area contributed by atoms with Crippen LogP contribution in [0, 0.1) is 0 Å². The van der Waals surface area contributed by atoms with Gasteiger partial charge in [-0.05, 0) is 42.3 Å². The molecular formula is C20H20N4O3S. The van der Waals surface area contributed by atoms with Crippen LogP contribution >= 0.6 is 0 Å². The Hall–Kier alpha value is -3.13. The van der Waals surface area contributed by atoms with Crippen molar-refractivity contribution in [3.63, 3.8) is 0 Å². The van der Waals surface area contributed by atoms with Crippen molar-refractivity contribution < 1.29 is 13.2 Å². The number of imidazole rings is 1. The third-order valence-corrected chi connectivity index (χ3v) is 6.76. The fraction of sp³-hybridized carbons (Fsp3) is 0.200. The molecule has 144 valence electrons. The van der Waals surface area contributed by atoms with E-state index in [-0.39, 0.29) is 16.8 Å². The minimum absolute atomic E-state index is 0.0442. The minimum Gasteiger partial charge on any atom is -0.355 e. The van der Waals surface area contributed by atoms with E-state index in [0.29, 0.717) is 17.8 Å². The Labute approximate surface area is 163 Å². The van der Waals surface area contributed by atoms with Crippen molar-refractivity contribution in [1.29, 1.82) is 0 Å². The molecular weight excluding hydrogens is 376 g/mol. The number of amides is 1. The topological polar surface area (TPSA) is 84.3 Å². The molecule has 1 unspecified atom stereocenters. The van der Waals surface area contributed by atoms with Crippen LogP contribution in [0.4, 0.5) is 5.69 Å². The first-order chi connectivity index (χ1) is 13.5. The van der Waals surface area contributed by atoms with Gasteiger partial charge in [0, 0.05) is 25.0 Å². The Morgan fingerprint density at radius 1 is 1.14 bits per heavy atom. The Morgan fingerprint density at radius 3 is 2.57 bits per heavy atom. The molecule has 0 radical (unpaired) electrons. The number of hydrogen-bond donors (Lipinski definition) is 1. The molecule has 3 aromatic rings. The molecule has 0 saturated heterocycles. The predicted molar refractivity (Wildman–Crippen MR) is 106 cm³/mol. The molecule has 0 spiro atoms. The molecule has 1 N–H and O–H groups in total. The number of aromatic nitrogens is 2. The predicted octanol–water partition coefficient (Wildman–Crippen LogP) is 2.24. The van der Waals surface area contributed by atoms with Crippen molar-refractivity contribution in [2.24, 2.45) is 0 Å². The highest BCUT2D eigenvalue weighted by Gasteiger charge is 2.33. The number of hydrogen-bond acceptors (Lipinski definition) is 4. The maximum absolute atomic E-state index is 13.4. The van der Waals surface area contributed by atoms with Crippen LogP contribution in [0.1, 0.15) is 22.0 Å². The number of benzene rings is 2.